The van der Waals surface area contributed by atoms with E-state index in [1.165, 1.54) is 18.2 Å². The lowest BCUT2D eigenvalue weighted by atomic mass is 10.1. The summed E-state index contributed by atoms with van der Waals surface area (Å²) in [5.41, 5.74) is 1.42. The summed E-state index contributed by atoms with van der Waals surface area (Å²) in [6.07, 6.45) is 0. The third-order valence-electron chi connectivity index (χ3n) is 3.83. The number of carbonyl (C=O) groups excluding carboxylic acids is 1. The monoisotopic (exact) mass is 355 g/mol. The molecule has 134 valence electrons. The molecule has 0 aliphatic carbocycles. The molecule has 0 aliphatic heterocycles. The summed E-state index contributed by atoms with van der Waals surface area (Å²) in [6.45, 7) is 1.94. The zero-order valence-corrected chi connectivity index (χ0v) is 14.2. The Morgan fingerprint density at radius 3 is 2.58 bits per heavy atom. The maximum absolute atomic E-state index is 12.4. The van der Waals surface area contributed by atoms with Crippen molar-refractivity contribution in [2.45, 2.75) is 6.92 Å². The number of hydrogen-bond acceptors (Lipinski definition) is 6. The third kappa shape index (κ3) is 3.30. The number of nitro benzene ring substituents is 1. The molecule has 0 fully saturated rings. The molecule has 8 nitrogen and oxygen atoms in total. The van der Waals surface area contributed by atoms with Crippen molar-refractivity contribution in [3.8, 4) is 5.75 Å². The lowest BCUT2D eigenvalue weighted by Gasteiger charge is -2.08. The zero-order chi connectivity index (χ0) is 18.7. The van der Waals surface area contributed by atoms with Gasteiger partial charge in [0.1, 0.15) is 17.1 Å². The zero-order valence-electron chi connectivity index (χ0n) is 14.2. The van der Waals surface area contributed by atoms with Crippen LogP contribution >= 0.6 is 0 Å². The molecule has 8 heteroatoms. The van der Waals surface area contributed by atoms with Gasteiger partial charge in [-0.05, 0) is 37.3 Å². The molecule has 1 heterocycles. The van der Waals surface area contributed by atoms with E-state index in [1.807, 2.05) is 0 Å². The summed E-state index contributed by atoms with van der Waals surface area (Å²) in [7, 11) is 1.58. The van der Waals surface area contributed by atoms with Crippen LogP contribution in [0.2, 0.25) is 0 Å². The number of nitrogens with zero attached hydrogens (tertiary/aromatic N) is 1. The van der Waals surface area contributed by atoms with Gasteiger partial charge in [-0.2, -0.15) is 0 Å². The Morgan fingerprint density at radius 1 is 1.23 bits per heavy atom. The molecular formula is C18H17N3O5. The van der Waals surface area contributed by atoms with Crippen molar-refractivity contribution in [1.29, 1.82) is 0 Å². The largest absolute Gasteiger partial charge is 0.497 e. The van der Waals surface area contributed by atoms with E-state index >= 15 is 0 Å². The highest BCUT2D eigenvalue weighted by Gasteiger charge is 2.21. The molecule has 0 saturated heterocycles. The molecule has 2 aromatic carbocycles. The number of non-ortho nitro benzene ring substituents is 1. The van der Waals surface area contributed by atoms with Gasteiger partial charge in [0.15, 0.2) is 0 Å². The van der Waals surface area contributed by atoms with E-state index in [0.717, 1.165) is 5.69 Å². The van der Waals surface area contributed by atoms with E-state index in [1.54, 1.807) is 38.3 Å². The van der Waals surface area contributed by atoms with E-state index in [-0.39, 0.29) is 12.3 Å². The first kappa shape index (κ1) is 17.3. The SMILES string of the molecule is CCOC(=O)c1c(Nc2ccc(OC)cc2)[nH]c2cc([N+](=O)[O-])ccc12. The van der Waals surface area contributed by atoms with Crippen LogP contribution in [-0.4, -0.2) is 29.6 Å². The second kappa shape index (κ2) is 7.14. The van der Waals surface area contributed by atoms with Crippen LogP contribution < -0.4 is 10.1 Å². The fourth-order valence-electron chi connectivity index (χ4n) is 2.63. The molecule has 0 aliphatic rings. The highest BCUT2D eigenvalue weighted by molar-refractivity contribution is 6.10. The summed E-state index contributed by atoms with van der Waals surface area (Å²) < 4.78 is 10.3. The first-order chi connectivity index (χ1) is 12.5. The maximum atomic E-state index is 12.4. The number of nitrogens with one attached hydrogen (secondary N) is 2. The Kier molecular flexibility index (Phi) is 4.74. The number of nitro groups is 1. The third-order valence-corrected chi connectivity index (χ3v) is 3.83. The highest BCUT2D eigenvalue weighted by atomic mass is 16.6. The van der Waals surface area contributed by atoms with Crippen LogP contribution in [0.15, 0.2) is 42.5 Å². The Hall–Kier alpha value is -3.55. The predicted octanol–water partition coefficient (Wildman–Crippen LogP) is 4.01. The van der Waals surface area contributed by atoms with E-state index in [9.17, 15) is 14.9 Å². The van der Waals surface area contributed by atoms with Crippen molar-refractivity contribution in [2.24, 2.45) is 0 Å². The molecule has 0 unspecified atom stereocenters. The van der Waals surface area contributed by atoms with Gasteiger partial charge >= 0.3 is 5.97 Å². The minimum atomic E-state index is -0.511. The van der Waals surface area contributed by atoms with Crippen molar-refractivity contribution >= 4 is 34.1 Å². The number of benzene rings is 2. The van der Waals surface area contributed by atoms with Gasteiger partial charge in [0.2, 0.25) is 0 Å². The molecule has 0 saturated carbocycles. The molecule has 0 bridgehead atoms. The number of H-pyrrole nitrogens is 1. The van der Waals surface area contributed by atoms with Gasteiger partial charge in [-0.15, -0.1) is 0 Å². The fraction of sp³-hybridized carbons (Fsp3) is 0.167. The Labute approximate surface area is 148 Å². The first-order valence-electron chi connectivity index (χ1n) is 7.91. The van der Waals surface area contributed by atoms with Crippen molar-refractivity contribution in [3.63, 3.8) is 0 Å². The molecule has 2 N–H and O–H groups in total. The molecule has 0 spiro atoms. The van der Waals surface area contributed by atoms with Crippen LogP contribution in [0.4, 0.5) is 17.2 Å². The Bertz CT molecular complexity index is 963. The van der Waals surface area contributed by atoms with Crippen LogP contribution in [0, 0.1) is 10.1 Å². The van der Waals surface area contributed by atoms with Crippen LogP contribution in [0.1, 0.15) is 17.3 Å². The summed E-state index contributed by atoms with van der Waals surface area (Å²) in [6, 6.07) is 11.4. The topological polar surface area (TPSA) is 106 Å². The lowest BCUT2D eigenvalue weighted by molar-refractivity contribution is -0.384. The maximum Gasteiger partial charge on any atom is 0.342 e. The van der Waals surface area contributed by atoms with Crippen molar-refractivity contribution in [2.75, 3.05) is 19.0 Å². The average molecular weight is 355 g/mol. The van der Waals surface area contributed by atoms with Crippen molar-refractivity contribution < 1.29 is 19.2 Å². The van der Waals surface area contributed by atoms with Gasteiger partial charge in [0, 0.05) is 23.2 Å². The molecule has 0 atom stereocenters. The summed E-state index contributed by atoms with van der Waals surface area (Å²) in [4.78, 5) is 26.0. The number of methoxy groups -OCH3 is 1. The number of rotatable bonds is 6. The Morgan fingerprint density at radius 2 is 1.96 bits per heavy atom. The molecule has 3 aromatic rings. The van der Waals surface area contributed by atoms with Gasteiger partial charge in [0.25, 0.3) is 5.69 Å². The van der Waals surface area contributed by atoms with E-state index < -0.39 is 10.9 Å². The lowest BCUT2D eigenvalue weighted by Crippen LogP contribution is -2.07. The number of aromatic amines is 1. The van der Waals surface area contributed by atoms with E-state index in [4.69, 9.17) is 9.47 Å². The minimum Gasteiger partial charge on any atom is -0.497 e. The number of fused-ring (bicyclic) bond motifs is 1. The molecule has 26 heavy (non-hydrogen) atoms. The van der Waals surface area contributed by atoms with Gasteiger partial charge < -0.3 is 19.8 Å². The number of aromatic nitrogens is 1. The Balaban J connectivity index is 2.07. The molecule has 0 radical (unpaired) electrons. The summed E-state index contributed by atoms with van der Waals surface area (Å²) >= 11 is 0. The first-order valence-corrected chi connectivity index (χ1v) is 7.91. The highest BCUT2D eigenvalue weighted by Crippen LogP contribution is 2.32. The molecular weight excluding hydrogens is 338 g/mol. The van der Waals surface area contributed by atoms with Crippen LogP contribution in [0.25, 0.3) is 10.9 Å². The van der Waals surface area contributed by atoms with Crippen LogP contribution in [0.3, 0.4) is 0 Å². The molecule has 3 rings (SSSR count). The van der Waals surface area contributed by atoms with Gasteiger partial charge in [-0.25, -0.2) is 4.79 Å². The van der Waals surface area contributed by atoms with Crippen molar-refractivity contribution in [3.05, 3.63) is 58.1 Å². The molecule has 0 amide bonds. The number of hydrogen-bond donors (Lipinski definition) is 2. The normalized spacial score (nSPS) is 10.5. The van der Waals surface area contributed by atoms with Crippen LogP contribution in [-0.2, 0) is 4.74 Å². The number of carbonyl (C=O) groups is 1. The van der Waals surface area contributed by atoms with Gasteiger partial charge in [-0.3, -0.25) is 10.1 Å². The van der Waals surface area contributed by atoms with Crippen molar-refractivity contribution in [1.82, 2.24) is 4.98 Å². The predicted molar refractivity (Wildman–Crippen MR) is 97.2 cm³/mol. The van der Waals surface area contributed by atoms with Gasteiger partial charge in [-0.1, -0.05) is 0 Å². The van der Waals surface area contributed by atoms with E-state index in [2.05, 4.69) is 10.3 Å². The second-order valence-electron chi connectivity index (χ2n) is 5.44. The standard InChI is InChI=1S/C18H17N3O5/c1-3-26-18(22)16-14-9-6-12(21(23)24)10-15(14)20-17(16)19-11-4-7-13(25-2)8-5-11/h4-10,19-20H,3H2,1-2H3. The smallest absolute Gasteiger partial charge is 0.342 e. The summed E-state index contributed by atoms with van der Waals surface area (Å²) in [5.74, 6) is 0.598. The number of anilines is 2. The second-order valence-corrected chi connectivity index (χ2v) is 5.44. The summed E-state index contributed by atoms with van der Waals surface area (Å²) in [5, 5.41) is 14.7. The average Bonchev–Trinajstić information content (AvgIpc) is 2.99. The number of esters is 1. The minimum absolute atomic E-state index is 0.0647. The van der Waals surface area contributed by atoms with E-state index in [0.29, 0.717) is 28.0 Å². The van der Waals surface area contributed by atoms with Crippen LogP contribution in [0.5, 0.6) is 5.75 Å². The fourth-order valence-corrected chi connectivity index (χ4v) is 2.63. The van der Waals surface area contributed by atoms with Gasteiger partial charge in [0.05, 0.1) is 24.2 Å². The molecule has 1 aromatic heterocycles. The quantitative estimate of drug-likeness (QED) is 0.393. The number of ether oxygens (including phenoxy) is 2.